The molecule has 1 aromatic carbocycles. The van der Waals surface area contributed by atoms with Crippen molar-refractivity contribution in [2.45, 2.75) is 6.92 Å². The van der Waals surface area contributed by atoms with Crippen LogP contribution in [0.15, 0.2) is 42.6 Å². The maximum atomic E-state index is 12.7. The number of nitrogens with one attached hydrogen (secondary N) is 1. The smallest absolute Gasteiger partial charge is 0.287 e. The molecule has 1 aromatic heterocycles. The number of anilines is 2. The van der Waals surface area contributed by atoms with Crippen LogP contribution in [-0.2, 0) is 4.79 Å². The van der Waals surface area contributed by atoms with E-state index in [-0.39, 0.29) is 17.5 Å². The zero-order valence-electron chi connectivity index (χ0n) is 14.8. The number of hydrogen-bond acceptors (Lipinski definition) is 6. The summed E-state index contributed by atoms with van der Waals surface area (Å²) in [6.45, 7) is 3.62. The van der Waals surface area contributed by atoms with Gasteiger partial charge in [0.1, 0.15) is 12.0 Å². The van der Waals surface area contributed by atoms with Crippen LogP contribution in [0.1, 0.15) is 17.3 Å². The summed E-state index contributed by atoms with van der Waals surface area (Å²) in [5.74, 6) is 0.364. The van der Waals surface area contributed by atoms with Crippen LogP contribution in [-0.4, -0.2) is 52.8 Å². The molecular formula is C18H19N5O4. The highest BCUT2D eigenvalue weighted by molar-refractivity contribution is 5.97. The zero-order chi connectivity index (χ0) is 19.4. The Balaban J connectivity index is 1.62. The molecule has 0 unspecified atom stereocenters. The fourth-order valence-corrected chi connectivity index (χ4v) is 2.93. The van der Waals surface area contributed by atoms with Crippen LogP contribution in [0.2, 0.25) is 0 Å². The molecule has 9 heteroatoms. The van der Waals surface area contributed by atoms with Gasteiger partial charge in [-0.05, 0) is 24.3 Å². The molecule has 0 atom stereocenters. The molecule has 27 heavy (non-hydrogen) atoms. The number of nitro groups is 1. The highest BCUT2D eigenvalue weighted by Crippen LogP contribution is 2.19. The molecule has 1 fully saturated rings. The predicted octanol–water partition coefficient (Wildman–Crippen LogP) is 1.91. The van der Waals surface area contributed by atoms with Crippen LogP contribution >= 0.6 is 0 Å². The van der Waals surface area contributed by atoms with E-state index in [1.165, 1.54) is 19.2 Å². The third-order valence-corrected chi connectivity index (χ3v) is 4.26. The van der Waals surface area contributed by atoms with E-state index in [4.69, 9.17) is 0 Å². The van der Waals surface area contributed by atoms with E-state index in [1.807, 2.05) is 4.90 Å². The first-order valence-electron chi connectivity index (χ1n) is 8.46. The molecule has 0 bridgehead atoms. The predicted molar refractivity (Wildman–Crippen MR) is 99.8 cm³/mol. The van der Waals surface area contributed by atoms with E-state index in [0.29, 0.717) is 43.2 Å². The average molecular weight is 369 g/mol. The molecule has 1 aliphatic rings. The Morgan fingerprint density at radius 1 is 1.15 bits per heavy atom. The summed E-state index contributed by atoms with van der Waals surface area (Å²) in [4.78, 5) is 42.0. The molecule has 3 rings (SSSR count). The van der Waals surface area contributed by atoms with E-state index in [9.17, 15) is 19.7 Å². The number of amides is 2. The van der Waals surface area contributed by atoms with Crippen molar-refractivity contribution >= 4 is 29.0 Å². The van der Waals surface area contributed by atoms with Gasteiger partial charge in [0.15, 0.2) is 0 Å². The van der Waals surface area contributed by atoms with Crippen molar-refractivity contribution < 1.29 is 14.5 Å². The molecule has 0 radical (unpaired) electrons. The largest absolute Gasteiger partial charge is 0.353 e. The number of rotatable bonds is 4. The number of aromatic nitrogens is 1. The van der Waals surface area contributed by atoms with Crippen molar-refractivity contribution in [1.29, 1.82) is 0 Å². The minimum atomic E-state index is -0.484. The van der Waals surface area contributed by atoms with Crippen molar-refractivity contribution in [3.63, 3.8) is 0 Å². The third kappa shape index (κ3) is 4.38. The zero-order valence-corrected chi connectivity index (χ0v) is 14.8. The van der Waals surface area contributed by atoms with Gasteiger partial charge >= 0.3 is 0 Å². The lowest BCUT2D eigenvalue weighted by molar-refractivity contribution is -0.385. The first-order valence-corrected chi connectivity index (χ1v) is 8.46. The minimum Gasteiger partial charge on any atom is -0.353 e. The molecule has 1 N–H and O–H groups in total. The summed E-state index contributed by atoms with van der Waals surface area (Å²) in [6, 6.07) is 9.89. The van der Waals surface area contributed by atoms with Crippen LogP contribution in [0.4, 0.5) is 17.2 Å². The third-order valence-electron chi connectivity index (χ3n) is 4.26. The molecule has 0 aliphatic carbocycles. The van der Waals surface area contributed by atoms with E-state index in [1.54, 1.807) is 35.2 Å². The Kier molecular flexibility index (Phi) is 5.30. The number of carbonyl (C=O) groups is 2. The van der Waals surface area contributed by atoms with Gasteiger partial charge in [-0.1, -0.05) is 6.07 Å². The lowest BCUT2D eigenvalue weighted by Crippen LogP contribution is -2.49. The van der Waals surface area contributed by atoms with E-state index >= 15 is 0 Å². The number of pyridine rings is 1. The lowest BCUT2D eigenvalue weighted by Gasteiger charge is -2.35. The Labute approximate surface area is 155 Å². The summed E-state index contributed by atoms with van der Waals surface area (Å²) in [6.07, 6.45) is 1.24. The maximum absolute atomic E-state index is 12.7. The van der Waals surface area contributed by atoms with Gasteiger partial charge in [-0.3, -0.25) is 19.7 Å². The van der Waals surface area contributed by atoms with Crippen molar-refractivity contribution in [2.24, 2.45) is 0 Å². The van der Waals surface area contributed by atoms with Gasteiger partial charge in [0, 0.05) is 50.4 Å². The van der Waals surface area contributed by atoms with E-state index < -0.39 is 4.92 Å². The summed E-state index contributed by atoms with van der Waals surface area (Å²) >= 11 is 0. The Morgan fingerprint density at radius 2 is 1.89 bits per heavy atom. The Morgan fingerprint density at radius 3 is 2.48 bits per heavy atom. The fraction of sp³-hybridized carbons (Fsp3) is 0.278. The molecule has 0 spiro atoms. The van der Waals surface area contributed by atoms with Crippen LogP contribution in [0, 0.1) is 10.1 Å². The summed E-state index contributed by atoms with van der Waals surface area (Å²) in [7, 11) is 0. The fourth-order valence-electron chi connectivity index (χ4n) is 2.93. The second-order valence-corrected chi connectivity index (χ2v) is 6.17. The van der Waals surface area contributed by atoms with Gasteiger partial charge in [0.05, 0.1) is 4.92 Å². The Bertz CT molecular complexity index is 860. The van der Waals surface area contributed by atoms with Gasteiger partial charge in [-0.15, -0.1) is 0 Å². The van der Waals surface area contributed by atoms with Crippen molar-refractivity contribution in [3.05, 3.63) is 58.3 Å². The van der Waals surface area contributed by atoms with Crippen LogP contribution in [0.25, 0.3) is 0 Å². The number of carbonyl (C=O) groups excluding carboxylic acids is 2. The molecule has 2 amide bonds. The van der Waals surface area contributed by atoms with Crippen molar-refractivity contribution in [2.75, 3.05) is 36.4 Å². The molecule has 2 heterocycles. The number of benzene rings is 1. The van der Waals surface area contributed by atoms with Gasteiger partial charge in [0.2, 0.25) is 5.91 Å². The van der Waals surface area contributed by atoms with Crippen LogP contribution in [0.3, 0.4) is 0 Å². The topological polar surface area (TPSA) is 109 Å². The SMILES string of the molecule is CC(=O)Nc1cccc(C(=O)N2CCN(c3ccc([N+](=O)[O-])cn3)CC2)c1. The highest BCUT2D eigenvalue weighted by atomic mass is 16.6. The van der Waals surface area contributed by atoms with E-state index in [0.717, 1.165) is 0 Å². The molecule has 140 valence electrons. The van der Waals surface area contributed by atoms with E-state index in [2.05, 4.69) is 10.3 Å². The summed E-state index contributed by atoms with van der Waals surface area (Å²) in [5, 5.41) is 13.4. The van der Waals surface area contributed by atoms with Gasteiger partial charge in [-0.25, -0.2) is 4.98 Å². The minimum absolute atomic E-state index is 0.0494. The Hall–Kier alpha value is -3.49. The molecular weight excluding hydrogens is 350 g/mol. The molecule has 2 aromatic rings. The van der Waals surface area contributed by atoms with Crippen molar-refractivity contribution in [3.8, 4) is 0 Å². The molecule has 1 saturated heterocycles. The number of hydrogen-bond donors (Lipinski definition) is 1. The molecule has 0 saturated carbocycles. The standard InChI is InChI=1S/C18H19N5O4/c1-13(24)20-15-4-2-3-14(11-15)18(25)22-9-7-21(8-10-22)17-6-5-16(12-19-17)23(26)27/h2-6,11-12H,7-10H2,1H3,(H,20,24). The number of piperazine rings is 1. The van der Waals surface area contributed by atoms with Gasteiger partial charge in [-0.2, -0.15) is 0 Å². The normalized spacial score (nSPS) is 14.0. The monoisotopic (exact) mass is 369 g/mol. The first kappa shape index (κ1) is 18.3. The van der Waals surface area contributed by atoms with Crippen LogP contribution in [0.5, 0.6) is 0 Å². The summed E-state index contributed by atoms with van der Waals surface area (Å²) < 4.78 is 0. The van der Waals surface area contributed by atoms with Crippen molar-refractivity contribution in [1.82, 2.24) is 9.88 Å². The maximum Gasteiger partial charge on any atom is 0.287 e. The quantitative estimate of drug-likeness (QED) is 0.651. The lowest BCUT2D eigenvalue weighted by atomic mass is 10.1. The van der Waals surface area contributed by atoms with Crippen LogP contribution < -0.4 is 10.2 Å². The highest BCUT2D eigenvalue weighted by Gasteiger charge is 2.23. The molecule has 9 nitrogen and oxygen atoms in total. The first-order chi connectivity index (χ1) is 12.9. The average Bonchev–Trinajstić information content (AvgIpc) is 2.67. The second-order valence-electron chi connectivity index (χ2n) is 6.17. The second kappa shape index (κ2) is 7.81. The summed E-state index contributed by atoms with van der Waals surface area (Å²) in [5.41, 5.74) is 1.05. The number of nitrogens with zero attached hydrogens (tertiary/aromatic N) is 4. The van der Waals surface area contributed by atoms with Gasteiger partial charge in [0.25, 0.3) is 11.6 Å². The van der Waals surface area contributed by atoms with Gasteiger partial charge < -0.3 is 15.1 Å². The molecule has 1 aliphatic heterocycles.